The SMILES string of the molecule is COc1ccc(C(c2c([O-])n(-c3ccccc3)c(=S)n(-c3ccccc3)c2=O)c2c(O)n(-c3ccccc3)c(=S)n(-c3ccccc3)c2=O)cc1C[NH+]1CC2C[C@@H](C1)c1cccc(=O)n1C2. The Bertz CT molecular complexity index is 3280. The van der Waals surface area contributed by atoms with Gasteiger partial charge in [0.15, 0.2) is 9.54 Å². The van der Waals surface area contributed by atoms with Gasteiger partial charge in [-0.25, -0.2) is 0 Å². The first-order chi connectivity index (χ1) is 32.1. The predicted molar refractivity (Wildman–Crippen MR) is 255 cm³/mol. The van der Waals surface area contributed by atoms with Gasteiger partial charge in [-0.05, 0) is 109 Å². The van der Waals surface area contributed by atoms with Crippen molar-refractivity contribution in [1.82, 2.24) is 22.8 Å². The first-order valence-corrected chi connectivity index (χ1v) is 22.6. The van der Waals surface area contributed by atoms with Gasteiger partial charge >= 0.3 is 0 Å². The van der Waals surface area contributed by atoms with E-state index in [0.717, 1.165) is 30.8 Å². The van der Waals surface area contributed by atoms with Crippen LogP contribution in [0, 0.1) is 15.5 Å². The van der Waals surface area contributed by atoms with Crippen molar-refractivity contribution in [2.24, 2.45) is 5.92 Å². The zero-order valence-electron chi connectivity index (χ0n) is 35.8. The topological polar surface area (TPSA) is 133 Å². The maximum atomic E-state index is 15.6. The Kier molecular flexibility index (Phi) is 11.3. The zero-order valence-corrected chi connectivity index (χ0v) is 37.5. The maximum Gasteiger partial charge on any atom is 0.266 e. The van der Waals surface area contributed by atoms with E-state index < -0.39 is 28.8 Å². The lowest BCUT2D eigenvalue weighted by atomic mass is 9.82. The molecule has 330 valence electrons. The minimum Gasteiger partial charge on any atom is -0.859 e. The van der Waals surface area contributed by atoms with E-state index in [4.69, 9.17) is 29.2 Å². The molecule has 0 aliphatic carbocycles. The molecule has 14 heteroatoms. The average molecular weight is 913 g/mol. The van der Waals surface area contributed by atoms with Gasteiger partial charge in [-0.2, -0.15) is 0 Å². The molecule has 0 spiro atoms. The minimum absolute atomic E-state index is 0.0139. The van der Waals surface area contributed by atoms with E-state index in [1.807, 2.05) is 47.0 Å². The molecule has 0 saturated carbocycles. The van der Waals surface area contributed by atoms with Crippen LogP contribution in [0.3, 0.4) is 0 Å². The molecule has 2 bridgehead atoms. The molecule has 5 heterocycles. The summed E-state index contributed by atoms with van der Waals surface area (Å²) in [7, 11) is 1.59. The summed E-state index contributed by atoms with van der Waals surface area (Å²) in [5.74, 6) is -1.75. The van der Waals surface area contributed by atoms with Crippen LogP contribution in [0.15, 0.2) is 172 Å². The molecule has 2 aliphatic heterocycles. The van der Waals surface area contributed by atoms with E-state index in [0.29, 0.717) is 47.2 Å². The highest BCUT2D eigenvalue weighted by molar-refractivity contribution is 7.71. The van der Waals surface area contributed by atoms with Gasteiger partial charge in [-0.15, -0.1) is 0 Å². The van der Waals surface area contributed by atoms with E-state index in [9.17, 15) is 9.90 Å². The lowest BCUT2D eigenvalue weighted by Crippen LogP contribution is -3.13. The predicted octanol–water partition coefficient (Wildman–Crippen LogP) is 6.36. The molecule has 1 fully saturated rings. The number of ether oxygens (including phenoxy) is 1. The number of hydrogen-bond acceptors (Lipinski definition) is 8. The summed E-state index contributed by atoms with van der Waals surface area (Å²) in [5, 5.41) is 28.3. The van der Waals surface area contributed by atoms with Crippen LogP contribution in [-0.4, -0.2) is 48.1 Å². The third-order valence-electron chi connectivity index (χ3n) is 12.9. The largest absolute Gasteiger partial charge is 0.859 e. The number of aromatic hydroxyl groups is 1. The third kappa shape index (κ3) is 7.42. The Hall–Kier alpha value is -7.39. The van der Waals surface area contributed by atoms with Crippen molar-refractivity contribution < 1.29 is 19.8 Å². The number of nitrogens with zero attached hydrogens (tertiary/aromatic N) is 5. The first-order valence-electron chi connectivity index (χ1n) is 21.7. The van der Waals surface area contributed by atoms with Gasteiger partial charge in [-0.1, -0.05) is 84.9 Å². The molecule has 3 aromatic heterocycles. The fourth-order valence-electron chi connectivity index (χ4n) is 10.1. The standard InChI is InChI=1S/C52H44N6O6S2/c1-64-42-26-25-34(28-36(42)32-53-29-33-27-35(31-53)41-23-14-24-43(59)54(41)30-33)44(45-47(60)55(37-15-6-2-7-16-37)51(65)56(48(45)61)38-17-8-3-9-18-38)46-49(62)57(39-19-10-4-11-20-39)52(66)58(50(46)63)40-21-12-5-13-22-40/h2-26,28,33,35,44,60,62H,27,29-32H2,1H3/t33?,35-/m0/s1. The molecule has 66 heavy (non-hydrogen) atoms. The molecule has 3 unspecified atom stereocenters. The fourth-order valence-corrected chi connectivity index (χ4v) is 10.8. The van der Waals surface area contributed by atoms with Crippen LogP contribution in [0.4, 0.5) is 0 Å². The molecule has 2 N–H and O–H groups in total. The molecule has 0 radical (unpaired) electrons. The number of likely N-dealkylation sites (tertiary alicyclic amines) is 1. The normalized spacial score (nSPS) is 16.9. The van der Waals surface area contributed by atoms with Crippen LogP contribution in [0.25, 0.3) is 22.7 Å². The fraction of sp³-hybridized carbons (Fsp3) is 0.173. The van der Waals surface area contributed by atoms with E-state index in [1.165, 1.54) is 23.2 Å². The third-order valence-corrected chi connectivity index (χ3v) is 13.6. The molecule has 1 saturated heterocycles. The number of para-hydroxylation sites is 4. The summed E-state index contributed by atoms with van der Waals surface area (Å²) in [6.07, 6.45) is 0.986. The van der Waals surface area contributed by atoms with Crippen LogP contribution in [0.5, 0.6) is 17.5 Å². The van der Waals surface area contributed by atoms with Crippen LogP contribution >= 0.6 is 24.4 Å². The smallest absolute Gasteiger partial charge is 0.266 e. The summed E-state index contributed by atoms with van der Waals surface area (Å²) in [6.45, 7) is 2.71. The van der Waals surface area contributed by atoms with Crippen molar-refractivity contribution in [2.45, 2.75) is 31.3 Å². The van der Waals surface area contributed by atoms with Gasteiger partial charge in [0.2, 0.25) is 5.88 Å². The van der Waals surface area contributed by atoms with Gasteiger partial charge in [0.25, 0.3) is 16.7 Å². The van der Waals surface area contributed by atoms with E-state index in [1.54, 1.807) is 122 Å². The van der Waals surface area contributed by atoms with Crippen LogP contribution in [-0.2, 0) is 13.1 Å². The Morgan fingerprint density at radius 3 is 1.77 bits per heavy atom. The van der Waals surface area contributed by atoms with Crippen LogP contribution < -0.4 is 31.4 Å². The number of pyridine rings is 1. The Morgan fingerprint density at radius 2 is 1.20 bits per heavy atom. The molecule has 4 atom stereocenters. The van der Waals surface area contributed by atoms with E-state index in [2.05, 4.69) is 0 Å². The second kappa shape index (κ2) is 17.5. The Balaban J connectivity index is 1.26. The number of rotatable bonds is 10. The lowest BCUT2D eigenvalue weighted by molar-refractivity contribution is -0.924. The number of hydrogen-bond donors (Lipinski definition) is 2. The van der Waals surface area contributed by atoms with Gasteiger partial charge in [0.05, 0.1) is 48.7 Å². The highest BCUT2D eigenvalue weighted by atomic mass is 32.1. The summed E-state index contributed by atoms with van der Waals surface area (Å²) in [6, 6.07) is 46.2. The monoisotopic (exact) mass is 912 g/mol. The highest BCUT2D eigenvalue weighted by Gasteiger charge is 2.38. The maximum absolute atomic E-state index is 15.6. The van der Waals surface area contributed by atoms with Gasteiger partial charge in [-0.3, -0.25) is 28.1 Å². The zero-order chi connectivity index (χ0) is 45.6. The number of nitrogens with one attached hydrogen (secondary N) is 1. The number of quaternary nitrogens is 1. The first kappa shape index (κ1) is 42.6. The Labute approximate surface area is 389 Å². The molecule has 5 aromatic carbocycles. The summed E-state index contributed by atoms with van der Waals surface area (Å²) >= 11 is 12.1. The van der Waals surface area contributed by atoms with Crippen molar-refractivity contribution in [2.75, 3.05) is 20.2 Å². The molecular formula is C52H44N6O6S2. The second-order valence-electron chi connectivity index (χ2n) is 16.9. The number of aromatic nitrogens is 5. The molecule has 0 amide bonds. The molecular weight excluding hydrogens is 869 g/mol. The van der Waals surface area contributed by atoms with Gasteiger partial charge in [0.1, 0.15) is 12.3 Å². The summed E-state index contributed by atoms with van der Waals surface area (Å²) in [5.41, 5.74) is 1.83. The van der Waals surface area contributed by atoms with Crippen molar-refractivity contribution >= 4 is 24.4 Å². The highest BCUT2D eigenvalue weighted by Crippen LogP contribution is 2.40. The molecule has 10 rings (SSSR count). The minimum atomic E-state index is -1.49. The molecule has 2 aliphatic rings. The lowest BCUT2D eigenvalue weighted by Gasteiger charge is -2.40. The van der Waals surface area contributed by atoms with Crippen LogP contribution in [0.1, 0.15) is 46.2 Å². The number of fused-ring (bicyclic) bond motifs is 4. The number of piperidine rings is 1. The van der Waals surface area contributed by atoms with Crippen LogP contribution in [0.2, 0.25) is 0 Å². The summed E-state index contributed by atoms with van der Waals surface area (Å²) in [4.78, 5) is 45.3. The average Bonchev–Trinajstić information content (AvgIpc) is 3.33. The van der Waals surface area contributed by atoms with Gasteiger partial charge < -0.3 is 29.0 Å². The quantitative estimate of drug-likeness (QED) is 0.152. The second-order valence-corrected chi connectivity index (χ2v) is 17.6. The van der Waals surface area contributed by atoms with E-state index in [-0.39, 0.29) is 38.1 Å². The van der Waals surface area contributed by atoms with Crippen molar-refractivity contribution in [3.8, 4) is 40.3 Å². The van der Waals surface area contributed by atoms with Crippen molar-refractivity contribution in [3.05, 3.63) is 226 Å². The molecule has 12 nitrogen and oxygen atoms in total. The number of benzene rings is 5. The Morgan fingerprint density at radius 1 is 0.667 bits per heavy atom. The van der Waals surface area contributed by atoms with E-state index >= 15 is 14.7 Å². The van der Waals surface area contributed by atoms with Crippen molar-refractivity contribution in [3.63, 3.8) is 0 Å². The van der Waals surface area contributed by atoms with Crippen molar-refractivity contribution in [1.29, 1.82) is 0 Å². The summed E-state index contributed by atoms with van der Waals surface area (Å²) < 4.78 is 13.1. The molecule has 8 aromatic rings. The number of methoxy groups -OCH3 is 1. The van der Waals surface area contributed by atoms with Gasteiger partial charge in [0, 0.05) is 47.0 Å².